The lowest BCUT2D eigenvalue weighted by Crippen LogP contribution is -2.13. The molecule has 0 saturated carbocycles. The van der Waals surface area contributed by atoms with Gasteiger partial charge < -0.3 is 5.32 Å². The molecule has 3 aromatic rings. The Hall–Kier alpha value is -1.30. The first-order valence-electron chi connectivity index (χ1n) is 6.21. The average molecular weight is 351 g/mol. The quantitative estimate of drug-likeness (QED) is 0.749. The Morgan fingerprint density at radius 2 is 2.00 bits per heavy atom. The van der Waals surface area contributed by atoms with Crippen molar-refractivity contribution in [1.82, 2.24) is 10.3 Å². The molecule has 0 saturated heterocycles. The lowest BCUT2D eigenvalue weighted by atomic mass is 10.2. The van der Waals surface area contributed by atoms with Gasteiger partial charge in [-0.3, -0.25) is 0 Å². The number of benzene rings is 2. The fourth-order valence-corrected chi connectivity index (χ4v) is 3.32. The van der Waals surface area contributed by atoms with Gasteiger partial charge in [0.1, 0.15) is 10.8 Å². The van der Waals surface area contributed by atoms with Crippen LogP contribution in [0.2, 0.25) is 0 Å². The minimum Gasteiger partial charge on any atom is -0.306 e. The Morgan fingerprint density at radius 1 is 1.15 bits per heavy atom. The van der Waals surface area contributed by atoms with Crippen molar-refractivity contribution in [2.75, 3.05) is 0 Å². The molecule has 1 N–H and O–H groups in total. The summed E-state index contributed by atoms with van der Waals surface area (Å²) in [5, 5.41) is 4.25. The lowest BCUT2D eigenvalue weighted by Gasteiger charge is -2.05. The second-order valence-electron chi connectivity index (χ2n) is 4.41. The van der Waals surface area contributed by atoms with Crippen LogP contribution < -0.4 is 5.32 Å². The Balaban J connectivity index is 1.66. The third-order valence-electron chi connectivity index (χ3n) is 2.94. The van der Waals surface area contributed by atoms with Crippen LogP contribution in [-0.4, -0.2) is 4.98 Å². The van der Waals surface area contributed by atoms with Crippen LogP contribution in [0.15, 0.2) is 46.9 Å². The topological polar surface area (TPSA) is 24.9 Å². The number of fused-ring (bicyclic) bond motifs is 1. The Kier molecular flexibility index (Phi) is 4.10. The Morgan fingerprint density at radius 3 is 2.85 bits per heavy atom. The molecule has 5 heteroatoms. The van der Waals surface area contributed by atoms with E-state index < -0.39 is 0 Å². The van der Waals surface area contributed by atoms with E-state index in [1.165, 1.54) is 10.8 Å². The van der Waals surface area contributed by atoms with Crippen molar-refractivity contribution in [3.05, 3.63) is 63.3 Å². The van der Waals surface area contributed by atoms with Crippen molar-refractivity contribution >= 4 is 37.5 Å². The molecule has 20 heavy (non-hydrogen) atoms. The number of para-hydroxylation sites is 1. The lowest BCUT2D eigenvalue weighted by molar-refractivity contribution is 0.587. The first-order valence-corrected chi connectivity index (χ1v) is 7.82. The van der Waals surface area contributed by atoms with Crippen LogP contribution >= 0.6 is 27.3 Å². The average Bonchev–Trinajstić information content (AvgIpc) is 2.85. The number of thiazole rings is 1. The second-order valence-corrected chi connectivity index (χ2v) is 6.45. The number of rotatable bonds is 4. The molecule has 1 heterocycles. The van der Waals surface area contributed by atoms with Gasteiger partial charge in [-0.05, 0) is 30.3 Å². The van der Waals surface area contributed by atoms with Gasteiger partial charge in [0.15, 0.2) is 0 Å². The van der Waals surface area contributed by atoms with Gasteiger partial charge in [-0.2, -0.15) is 0 Å². The van der Waals surface area contributed by atoms with Gasteiger partial charge in [-0.25, -0.2) is 9.37 Å². The van der Waals surface area contributed by atoms with E-state index in [-0.39, 0.29) is 5.82 Å². The molecule has 102 valence electrons. The molecule has 0 aliphatic carbocycles. The zero-order chi connectivity index (χ0) is 13.9. The van der Waals surface area contributed by atoms with Crippen molar-refractivity contribution in [2.24, 2.45) is 0 Å². The summed E-state index contributed by atoms with van der Waals surface area (Å²) in [6.07, 6.45) is 0. The van der Waals surface area contributed by atoms with Gasteiger partial charge in [-0.15, -0.1) is 11.3 Å². The molecule has 2 nitrogen and oxygen atoms in total. The monoisotopic (exact) mass is 350 g/mol. The van der Waals surface area contributed by atoms with Crippen LogP contribution in [0.3, 0.4) is 0 Å². The van der Waals surface area contributed by atoms with Crippen molar-refractivity contribution in [3.63, 3.8) is 0 Å². The summed E-state index contributed by atoms with van der Waals surface area (Å²) >= 11 is 5.01. The van der Waals surface area contributed by atoms with Gasteiger partial charge >= 0.3 is 0 Å². The van der Waals surface area contributed by atoms with Crippen LogP contribution in [0.1, 0.15) is 10.6 Å². The van der Waals surface area contributed by atoms with E-state index in [2.05, 4.69) is 32.3 Å². The van der Waals surface area contributed by atoms with Gasteiger partial charge in [0.05, 0.1) is 10.2 Å². The van der Waals surface area contributed by atoms with E-state index >= 15 is 0 Å². The van der Waals surface area contributed by atoms with Gasteiger partial charge in [0, 0.05) is 23.1 Å². The summed E-state index contributed by atoms with van der Waals surface area (Å²) in [7, 11) is 0. The van der Waals surface area contributed by atoms with Crippen LogP contribution in [0.25, 0.3) is 10.2 Å². The summed E-state index contributed by atoms with van der Waals surface area (Å²) in [5.74, 6) is -0.190. The van der Waals surface area contributed by atoms with Crippen LogP contribution in [-0.2, 0) is 13.1 Å². The van der Waals surface area contributed by atoms with Crippen LogP contribution in [0, 0.1) is 5.82 Å². The van der Waals surface area contributed by atoms with Crippen molar-refractivity contribution in [2.45, 2.75) is 13.1 Å². The highest BCUT2D eigenvalue weighted by Gasteiger charge is 2.05. The van der Waals surface area contributed by atoms with Gasteiger partial charge in [-0.1, -0.05) is 28.1 Å². The smallest absolute Gasteiger partial charge is 0.127 e. The van der Waals surface area contributed by atoms with E-state index in [9.17, 15) is 4.39 Å². The van der Waals surface area contributed by atoms with E-state index in [4.69, 9.17) is 0 Å². The molecular formula is C15H12BrFN2S. The number of hydrogen-bond donors (Lipinski definition) is 1. The molecule has 3 rings (SSSR count). The van der Waals surface area contributed by atoms with Gasteiger partial charge in [0.2, 0.25) is 0 Å². The minimum atomic E-state index is -0.190. The largest absolute Gasteiger partial charge is 0.306 e. The summed E-state index contributed by atoms with van der Waals surface area (Å²) in [5.41, 5.74) is 1.67. The number of halogens is 2. The number of hydrogen-bond acceptors (Lipinski definition) is 3. The first kappa shape index (κ1) is 13.7. The summed E-state index contributed by atoms with van der Waals surface area (Å²) < 4.78 is 15.7. The number of aromatic nitrogens is 1. The van der Waals surface area contributed by atoms with Crippen molar-refractivity contribution in [1.29, 1.82) is 0 Å². The third kappa shape index (κ3) is 3.06. The first-order chi connectivity index (χ1) is 9.72. The molecule has 0 bridgehead atoms. The zero-order valence-electron chi connectivity index (χ0n) is 10.6. The van der Waals surface area contributed by atoms with E-state index in [0.717, 1.165) is 15.0 Å². The fraction of sp³-hybridized carbons (Fsp3) is 0.133. The van der Waals surface area contributed by atoms with Crippen molar-refractivity contribution in [3.8, 4) is 0 Å². The van der Waals surface area contributed by atoms with E-state index in [1.807, 2.05) is 18.2 Å². The molecule has 1 aromatic heterocycles. The highest BCUT2D eigenvalue weighted by Crippen LogP contribution is 2.21. The maximum Gasteiger partial charge on any atom is 0.127 e. The highest BCUT2D eigenvalue weighted by molar-refractivity contribution is 9.10. The number of nitrogens with zero attached hydrogens (tertiary/aromatic N) is 1. The molecule has 0 aliphatic heterocycles. The van der Waals surface area contributed by atoms with Gasteiger partial charge in [0.25, 0.3) is 0 Å². The predicted octanol–water partition coefficient (Wildman–Crippen LogP) is 4.49. The Labute approximate surface area is 128 Å². The van der Waals surface area contributed by atoms with Crippen LogP contribution in [0.5, 0.6) is 0 Å². The molecule has 0 spiro atoms. The molecule has 0 amide bonds. The maximum absolute atomic E-state index is 13.6. The molecule has 0 unspecified atom stereocenters. The van der Waals surface area contributed by atoms with E-state index in [0.29, 0.717) is 18.7 Å². The predicted molar refractivity (Wildman–Crippen MR) is 84.3 cm³/mol. The Bertz CT molecular complexity index is 709. The number of nitrogens with one attached hydrogen (secondary N) is 1. The SMILES string of the molecule is Fc1ccc(Br)cc1CNCc1nc2ccccc2s1. The second kappa shape index (κ2) is 5.99. The van der Waals surface area contributed by atoms with Crippen molar-refractivity contribution < 1.29 is 4.39 Å². The molecule has 0 atom stereocenters. The summed E-state index contributed by atoms with van der Waals surface area (Å²) in [4.78, 5) is 4.54. The molecule has 0 radical (unpaired) electrons. The zero-order valence-corrected chi connectivity index (χ0v) is 13.0. The fourth-order valence-electron chi connectivity index (χ4n) is 1.98. The molecule has 2 aromatic carbocycles. The molecule has 0 fully saturated rings. The maximum atomic E-state index is 13.6. The van der Waals surface area contributed by atoms with Crippen LogP contribution in [0.4, 0.5) is 4.39 Å². The molecular weight excluding hydrogens is 339 g/mol. The standard InChI is InChI=1S/C15H12BrFN2S/c16-11-5-6-12(17)10(7-11)8-18-9-15-19-13-3-1-2-4-14(13)20-15/h1-7,18H,8-9H2. The summed E-state index contributed by atoms with van der Waals surface area (Å²) in [6, 6.07) is 13.0. The summed E-state index contributed by atoms with van der Waals surface area (Å²) in [6.45, 7) is 1.13. The van der Waals surface area contributed by atoms with E-state index in [1.54, 1.807) is 23.5 Å². The molecule has 0 aliphatic rings. The minimum absolute atomic E-state index is 0.190. The normalized spacial score (nSPS) is 11.1. The highest BCUT2D eigenvalue weighted by atomic mass is 79.9. The third-order valence-corrected chi connectivity index (χ3v) is 4.47.